The van der Waals surface area contributed by atoms with Crippen molar-refractivity contribution in [3.63, 3.8) is 0 Å². The minimum Gasteiger partial charge on any atom is -0.397 e. The van der Waals surface area contributed by atoms with E-state index in [2.05, 4.69) is 5.32 Å². The van der Waals surface area contributed by atoms with Crippen LogP contribution in [0.5, 0.6) is 0 Å². The second-order valence-electron chi connectivity index (χ2n) is 4.48. The summed E-state index contributed by atoms with van der Waals surface area (Å²) in [6.07, 6.45) is 0. The van der Waals surface area contributed by atoms with Crippen molar-refractivity contribution in [3.8, 4) is 0 Å². The highest BCUT2D eigenvalue weighted by molar-refractivity contribution is 7.89. The Morgan fingerprint density at radius 1 is 1.35 bits per heavy atom. The van der Waals surface area contributed by atoms with Crippen LogP contribution in [0.2, 0.25) is 0 Å². The Hall–Kier alpha value is -2.13. The first-order valence-electron chi connectivity index (χ1n) is 5.73. The van der Waals surface area contributed by atoms with E-state index in [1.165, 1.54) is 23.1 Å². The number of benzene rings is 1. The largest absolute Gasteiger partial charge is 0.397 e. The van der Waals surface area contributed by atoms with E-state index in [1.807, 2.05) is 0 Å². The van der Waals surface area contributed by atoms with E-state index >= 15 is 0 Å². The molecule has 1 aromatic carbocycles. The number of rotatable bonds is 2. The normalized spacial score (nSPS) is 19.9. The van der Waals surface area contributed by atoms with E-state index in [1.54, 1.807) is 6.92 Å². The number of hydrogen-bond acceptors (Lipinski definition) is 6. The van der Waals surface area contributed by atoms with E-state index < -0.39 is 27.9 Å². The maximum absolute atomic E-state index is 11.6. The summed E-state index contributed by atoms with van der Waals surface area (Å²) < 4.78 is 22.7. The lowest BCUT2D eigenvalue weighted by atomic mass is 10.1. The van der Waals surface area contributed by atoms with Gasteiger partial charge in [-0.3, -0.25) is 14.9 Å². The molecule has 1 fully saturated rings. The van der Waals surface area contributed by atoms with Crippen LogP contribution in [0.3, 0.4) is 0 Å². The Bertz CT molecular complexity index is 686. The molecule has 0 bridgehead atoms. The second-order valence-corrected chi connectivity index (χ2v) is 6.04. The van der Waals surface area contributed by atoms with Gasteiger partial charge in [-0.15, -0.1) is 0 Å². The Balaban J connectivity index is 2.51. The lowest BCUT2D eigenvalue weighted by Crippen LogP contribution is -2.57. The van der Waals surface area contributed by atoms with Gasteiger partial charge in [0.2, 0.25) is 21.8 Å². The molecule has 1 aliphatic heterocycles. The molecule has 0 radical (unpaired) electrons. The van der Waals surface area contributed by atoms with Crippen molar-refractivity contribution in [3.05, 3.63) is 18.2 Å². The van der Waals surface area contributed by atoms with Gasteiger partial charge in [-0.05, 0) is 25.1 Å². The number of nitrogens with two attached hydrogens (primary N) is 2. The third-order valence-corrected chi connectivity index (χ3v) is 3.97. The molecule has 9 heteroatoms. The Labute approximate surface area is 115 Å². The second kappa shape index (κ2) is 4.76. The van der Waals surface area contributed by atoms with Gasteiger partial charge in [-0.2, -0.15) is 0 Å². The standard InChI is InChI=1S/C11H14N4O4S/c1-6-11(17)14-10(16)5-15(6)9-4-7(20(13,18)19)2-3-8(9)12/h2-4,6H,5,12H2,1H3,(H2,13,18,19)(H,14,16,17). The molecule has 1 saturated heterocycles. The lowest BCUT2D eigenvalue weighted by molar-refractivity contribution is -0.132. The van der Waals surface area contributed by atoms with Crippen molar-refractivity contribution >= 4 is 33.2 Å². The number of anilines is 2. The van der Waals surface area contributed by atoms with Gasteiger partial charge in [0.05, 0.1) is 22.8 Å². The molecule has 2 amide bonds. The van der Waals surface area contributed by atoms with Crippen LogP contribution < -0.4 is 21.1 Å². The molecule has 0 aromatic heterocycles. The number of nitrogens with zero attached hydrogens (tertiary/aromatic N) is 1. The van der Waals surface area contributed by atoms with Crippen molar-refractivity contribution in [2.24, 2.45) is 5.14 Å². The zero-order chi connectivity index (χ0) is 15.1. The molecule has 0 aliphatic carbocycles. The summed E-state index contributed by atoms with van der Waals surface area (Å²) in [5.74, 6) is -0.949. The number of carbonyl (C=O) groups is 2. The van der Waals surface area contributed by atoms with Crippen molar-refractivity contribution in [2.45, 2.75) is 17.9 Å². The summed E-state index contributed by atoms with van der Waals surface area (Å²) in [7, 11) is -3.89. The van der Waals surface area contributed by atoms with E-state index in [4.69, 9.17) is 10.9 Å². The van der Waals surface area contributed by atoms with Crippen molar-refractivity contribution < 1.29 is 18.0 Å². The highest BCUT2D eigenvalue weighted by atomic mass is 32.2. The molecule has 2 rings (SSSR count). The predicted octanol–water partition coefficient (Wildman–Crippen LogP) is -1.23. The van der Waals surface area contributed by atoms with Crippen LogP contribution in [0.25, 0.3) is 0 Å². The van der Waals surface area contributed by atoms with Crippen molar-refractivity contribution in [2.75, 3.05) is 17.2 Å². The number of imide groups is 1. The van der Waals surface area contributed by atoms with Gasteiger partial charge < -0.3 is 10.6 Å². The molecule has 8 nitrogen and oxygen atoms in total. The number of piperazine rings is 1. The van der Waals surface area contributed by atoms with Gasteiger partial charge in [-0.1, -0.05) is 0 Å². The van der Waals surface area contributed by atoms with Gasteiger partial charge in [0.15, 0.2) is 0 Å². The number of nitrogen functional groups attached to an aromatic ring is 1. The maximum Gasteiger partial charge on any atom is 0.249 e. The minimum atomic E-state index is -3.89. The van der Waals surface area contributed by atoms with E-state index in [0.29, 0.717) is 0 Å². The van der Waals surface area contributed by atoms with Gasteiger partial charge >= 0.3 is 0 Å². The summed E-state index contributed by atoms with van der Waals surface area (Å²) in [4.78, 5) is 24.4. The number of primary sulfonamides is 1. The molecule has 20 heavy (non-hydrogen) atoms. The number of nitrogens with one attached hydrogen (secondary N) is 1. The van der Waals surface area contributed by atoms with Gasteiger partial charge in [0.25, 0.3) is 0 Å². The molecule has 0 saturated carbocycles. The van der Waals surface area contributed by atoms with Crippen LogP contribution in [0.1, 0.15) is 6.92 Å². The average molecular weight is 298 g/mol. The summed E-state index contributed by atoms with van der Waals surface area (Å²) >= 11 is 0. The van der Waals surface area contributed by atoms with Crippen LogP contribution >= 0.6 is 0 Å². The predicted molar refractivity (Wildman–Crippen MR) is 72.2 cm³/mol. The van der Waals surface area contributed by atoms with Gasteiger partial charge in [0, 0.05) is 0 Å². The van der Waals surface area contributed by atoms with Crippen molar-refractivity contribution in [1.29, 1.82) is 0 Å². The van der Waals surface area contributed by atoms with Crippen LogP contribution in [0.4, 0.5) is 11.4 Å². The molecule has 1 heterocycles. The molecule has 0 spiro atoms. The fraction of sp³-hybridized carbons (Fsp3) is 0.273. The van der Waals surface area contributed by atoms with Gasteiger partial charge in [-0.25, -0.2) is 13.6 Å². The lowest BCUT2D eigenvalue weighted by Gasteiger charge is -2.34. The maximum atomic E-state index is 11.6. The quantitative estimate of drug-likeness (QED) is 0.462. The van der Waals surface area contributed by atoms with Crippen LogP contribution in [-0.4, -0.2) is 32.8 Å². The first-order valence-corrected chi connectivity index (χ1v) is 7.27. The fourth-order valence-corrected chi connectivity index (χ4v) is 2.49. The molecule has 5 N–H and O–H groups in total. The van der Waals surface area contributed by atoms with Crippen LogP contribution in [0.15, 0.2) is 23.1 Å². The molecule has 108 valence electrons. The van der Waals surface area contributed by atoms with Crippen LogP contribution in [0, 0.1) is 0 Å². The third-order valence-electron chi connectivity index (χ3n) is 3.06. The highest BCUT2D eigenvalue weighted by Gasteiger charge is 2.31. The fourth-order valence-electron chi connectivity index (χ4n) is 1.96. The SMILES string of the molecule is CC1C(=O)NC(=O)CN1c1cc(S(N)(=O)=O)ccc1N. The number of carbonyl (C=O) groups excluding carboxylic acids is 2. The van der Waals surface area contributed by atoms with Gasteiger partial charge in [0.1, 0.15) is 6.04 Å². The Morgan fingerprint density at radius 2 is 2.00 bits per heavy atom. The third kappa shape index (κ3) is 2.58. The zero-order valence-electron chi connectivity index (χ0n) is 10.7. The van der Waals surface area contributed by atoms with E-state index in [-0.39, 0.29) is 22.8 Å². The molecule has 1 aliphatic rings. The summed E-state index contributed by atoms with van der Waals surface area (Å²) in [6, 6.07) is 3.25. The zero-order valence-corrected chi connectivity index (χ0v) is 11.5. The van der Waals surface area contributed by atoms with E-state index in [9.17, 15) is 18.0 Å². The summed E-state index contributed by atoms with van der Waals surface area (Å²) in [5, 5.41) is 7.25. The Morgan fingerprint density at radius 3 is 2.60 bits per heavy atom. The topological polar surface area (TPSA) is 136 Å². The average Bonchev–Trinajstić information content (AvgIpc) is 2.33. The molecule has 1 aromatic rings. The number of hydrogen-bond donors (Lipinski definition) is 3. The van der Waals surface area contributed by atoms with Crippen molar-refractivity contribution in [1.82, 2.24) is 5.32 Å². The first kappa shape index (κ1) is 14.3. The molecule has 1 atom stereocenters. The van der Waals surface area contributed by atoms with E-state index in [0.717, 1.165) is 0 Å². The molecule has 1 unspecified atom stereocenters. The van der Waals surface area contributed by atoms with Crippen LogP contribution in [-0.2, 0) is 19.6 Å². The highest BCUT2D eigenvalue weighted by Crippen LogP contribution is 2.28. The monoisotopic (exact) mass is 298 g/mol. The first-order chi connectivity index (χ1) is 9.20. The molecular formula is C11H14N4O4S. The smallest absolute Gasteiger partial charge is 0.249 e. The summed E-state index contributed by atoms with van der Waals surface area (Å²) in [6.45, 7) is 1.50. The minimum absolute atomic E-state index is 0.0921. The summed E-state index contributed by atoms with van der Waals surface area (Å²) in [5.41, 5.74) is 6.34. The number of sulfonamides is 1. The Kier molecular flexibility index (Phi) is 3.40. The number of amides is 2. The molecular weight excluding hydrogens is 284 g/mol.